The van der Waals surface area contributed by atoms with E-state index in [4.69, 9.17) is 4.74 Å². The van der Waals surface area contributed by atoms with Crippen LogP contribution in [-0.2, 0) is 20.9 Å². The maximum atomic E-state index is 13.2. The Hall–Kier alpha value is -1.88. The molecule has 4 atom stereocenters. The van der Waals surface area contributed by atoms with Crippen LogP contribution >= 0.6 is 0 Å². The SMILES string of the molecule is COC(=O)[C@@H]1CC[C@@H]1C(=O)N1CCC[C@@H]1[C@@H]1CCCN1Cc1ccccc1. The number of benzene rings is 1. The van der Waals surface area contributed by atoms with Crippen molar-refractivity contribution in [2.75, 3.05) is 20.2 Å². The number of carbonyl (C=O) groups is 2. The van der Waals surface area contributed by atoms with Crippen LogP contribution in [0, 0.1) is 11.8 Å². The molecule has 0 N–H and O–H groups in total. The van der Waals surface area contributed by atoms with Gasteiger partial charge in [0.25, 0.3) is 0 Å². The van der Waals surface area contributed by atoms with Crippen molar-refractivity contribution in [3.8, 4) is 0 Å². The molecule has 2 saturated heterocycles. The molecular formula is C22H30N2O3. The fourth-order valence-electron chi connectivity index (χ4n) is 5.21. The average Bonchev–Trinajstić information content (AvgIpc) is 3.30. The van der Waals surface area contributed by atoms with E-state index in [1.165, 1.54) is 19.1 Å². The quantitative estimate of drug-likeness (QED) is 0.748. The number of hydrogen-bond donors (Lipinski definition) is 0. The van der Waals surface area contributed by atoms with Gasteiger partial charge in [-0.1, -0.05) is 30.3 Å². The normalized spacial score (nSPS) is 30.9. The lowest BCUT2D eigenvalue weighted by molar-refractivity contribution is -0.159. The van der Waals surface area contributed by atoms with Gasteiger partial charge in [-0.05, 0) is 50.6 Å². The molecule has 2 heterocycles. The van der Waals surface area contributed by atoms with Crippen molar-refractivity contribution in [1.82, 2.24) is 9.80 Å². The predicted octanol–water partition coefficient (Wildman–Crippen LogP) is 2.84. The van der Waals surface area contributed by atoms with Gasteiger partial charge in [0.15, 0.2) is 0 Å². The number of esters is 1. The zero-order chi connectivity index (χ0) is 18.8. The summed E-state index contributed by atoms with van der Waals surface area (Å²) in [5.74, 6) is -0.428. The fourth-order valence-corrected chi connectivity index (χ4v) is 5.21. The molecule has 1 aromatic rings. The van der Waals surface area contributed by atoms with Crippen molar-refractivity contribution in [2.24, 2.45) is 11.8 Å². The van der Waals surface area contributed by atoms with Crippen LogP contribution in [0.3, 0.4) is 0 Å². The Morgan fingerprint density at radius 1 is 0.963 bits per heavy atom. The van der Waals surface area contributed by atoms with Crippen LogP contribution in [0.4, 0.5) is 0 Å². The second kappa shape index (κ2) is 8.01. The van der Waals surface area contributed by atoms with Crippen LogP contribution in [0.2, 0.25) is 0 Å². The van der Waals surface area contributed by atoms with E-state index in [0.29, 0.717) is 12.1 Å². The third kappa shape index (κ3) is 3.62. The van der Waals surface area contributed by atoms with Gasteiger partial charge in [0.2, 0.25) is 5.91 Å². The highest BCUT2D eigenvalue weighted by molar-refractivity contribution is 5.87. The molecule has 3 fully saturated rings. The van der Waals surface area contributed by atoms with Gasteiger partial charge < -0.3 is 9.64 Å². The lowest BCUT2D eigenvalue weighted by atomic mass is 9.72. The Morgan fingerprint density at radius 3 is 2.37 bits per heavy atom. The molecule has 5 heteroatoms. The summed E-state index contributed by atoms with van der Waals surface area (Å²) < 4.78 is 4.89. The van der Waals surface area contributed by atoms with Gasteiger partial charge >= 0.3 is 5.97 Å². The van der Waals surface area contributed by atoms with E-state index < -0.39 is 0 Å². The topological polar surface area (TPSA) is 49.9 Å². The summed E-state index contributed by atoms with van der Waals surface area (Å²) in [5, 5.41) is 0. The van der Waals surface area contributed by atoms with Gasteiger partial charge in [0.05, 0.1) is 18.9 Å². The Morgan fingerprint density at radius 2 is 1.67 bits per heavy atom. The second-order valence-electron chi connectivity index (χ2n) is 8.22. The smallest absolute Gasteiger partial charge is 0.309 e. The highest BCUT2D eigenvalue weighted by Gasteiger charge is 2.47. The summed E-state index contributed by atoms with van der Waals surface area (Å²) in [6.07, 6.45) is 6.11. The van der Waals surface area contributed by atoms with E-state index in [0.717, 1.165) is 51.7 Å². The molecule has 1 aromatic carbocycles. The molecule has 1 saturated carbocycles. The molecular weight excluding hydrogens is 340 g/mol. The van der Waals surface area contributed by atoms with Crippen molar-refractivity contribution in [2.45, 2.75) is 57.2 Å². The molecule has 0 unspecified atom stereocenters. The standard InChI is InChI=1S/C22H30N2O3/c1-27-22(26)18-12-11-17(18)21(25)24-14-6-10-20(24)19-9-5-13-23(19)15-16-7-3-2-4-8-16/h2-4,7-8,17-20H,5-6,9-15H2,1H3/t17-,18+,19-,20+/m0/s1. The van der Waals surface area contributed by atoms with Crippen molar-refractivity contribution in [3.05, 3.63) is 35.9 Å². The summed E-state index contributed by atoms with van der Waals surface area (Å²) in [6.45, 7) is 2.90. The van der Waals surface area contributed by atoms with Gasteiger partial charge in [-0.15, -0.1) is 0 Å². The number of likely N-dealkylation sites (tertiary alicyclic amines) is 2. The molecule has 1 aliphatic carbocycles. The molecule has 146 valence electrons. The maximum Gasteiger partial charge on any atom is 0.309 e. The summed E-state index contributed by atoms with van der Waals surface area (Å²) in [6, 6.07) is 11.3. The number of amides is 1. The summed E-state index contributed by atoms with van der Waals surface area (Å²) in [7, 11) is 1.42. The minimum Gasteiger partial charge on any atom is -0.469 e. The highest BCUT2D eigenvalue weighted by Crippen LogP contribution is 2.39. The van der Waals surface area contributed by atoms with Gasteiger partial charge in [0, 0.05) is 25.2 Å². The maximum absolute atomic E-state index is 13.2. The Balaban J connectivity index is 1.44. The fraction of sp³-hybridized carbons (Fsp3) is 0.636. The molecule has 0 aromatic heterocycles. The number of carbonyl (C=O) groups excluding carboxylic acids is 2. The first-order valence-corrected chi connectivity index (χ1v) is 10.4. The summed E-state index contributed by atoms with van der Waals surface area (Å²) >= 11 is 0. The summed E-state index contributed by atoms with van der Waals surface area (Å²) in [4.78, 5) is 29.8. The largest absolute Gasteiger partial charge is 0.469 e. The van der Waals surface area contributed by atoms with Gasteiger partial charge in [-0.2, -0.15) is 0 Å². The predicted molar refractivity (Wildman–Crippen MR) is 103 cm³/mol. The van der Waals surface area contributed by atoms with Crippen molar-refractivity contribution < 1.29 is 14.3 Å². The Bertz CT molecular complexity index is 677. The van der Waals surface area contributed by atoms with Crippen LogP contribution in [0.5, 0.6) is 0 Å². The number of rotatable bonds is 5. The number of ether oxygens (including phenoxy) is 1. The minimum absolute atomic E-state index is 0.165. The van der Waals surface area contributed by atoms with E-state index in [9.17, 15) is 9.59 Å². The summed E-state index contributed by atoms with van der Waals surface area (Å²) in [5.41, 5.74) is 1.34. The van der Waals surface area contributed by atoms with Crippen LogP contribution in [0.25, 0.3) is 0 Å². The van der Waals surface area contributed by atoms with E-state index in [1.54, 1.807) is 0 Å². The van der Waals surface area contributed by atoms with Crippen molar-refractivity contribution >= 4 is 11.9 Å². The van der Waals surface area contributed by atoms with Gasteiger partial charge in [-0.3, -0.25) is 14.5 Å². The number of hydrogen-bond acceptors (Lipinski definition) is 4. The van der Waals surface area contributed by atoms with E-state index in [2.05, 4.69) is 40.1 Å². The van der Waals surface area contributed by atoms with Gasteiger partial charge in [-0.25, -0.2) is 0 Å². The van der Waals surface area contributed by atoms with E-state index in [-0.39, 0.29) is 23.7 Å². The molecule has 4 rings (SSSR count). The van der Waals surface area contributed by atoms with Crippen molar-refractivity contribution in [3.63, 3.8) is 0 Å². The third-order valence-corrected chi connectivity index (χ3v) is 6.76. The zero-order valence-corrected chi connectivity index (χ0v) is 16.2. The lowest BCUT2D eigenvalue weighted by Crippen LogP contribution is -2.53. The van der Waals surface area contributed by atoms with Crippen LogP contribution in [0.1, 0.15) is 44.1 Å². The van der Waals surface area contributed by atoms with E-state index in [1.807, 2.05) is 0 Å². The first kappa shape index (κ1) is 18.5. The van der Waals surface area contributed by atoms with Crippen LogP contribution in [0.15, 0.2) is 30.3 Å². The average molecular weight is 370 g/mol. The third-order valence-electron chi connectivity index (χ3n) is 6.76. The molecule has 5 nitrogen and oxygen atoms in total. The second-order valence-corrected chi connectivity index (χ2v) is 8.22. The molecule has 2 aliphatic heterocycles. The minimum atomic E-state index is -0.229. The Labute approximate surface area is 161 Å². The molecule has 0 spiro atoms. The monoisotopic (exact) mass is 370 g/mol. The van der Waals surface area contributed by atoms with Gasteiger partial charge in [0.1, 0.15) is 0 Å². The zero-order valence-electron chi connectivity index (χ0n) is 16.2. The molecule has 3 aliphatic rings. The molecule has 0 bridgehead atoms. The number of nitrogens with zero attached hydrogens (tertiary/aromatic N) is 2. The van der Waals surface area contributed by atoms with Crippen molar-refractivity contribution in [1.29, 1.82) is 0 Å². The highest BCUT2D eigenvalue weighted by atomic mass is 16.5. The molecule has 27 heavy (non-hydrogen) atoms. The first-order valence-electron chi connectivity index (χ1n) is 10.4. The van der Waals surface area contributed by atoms with E-state index >= 15 is 0 Å². The van der Waals surface area contributed by atoms with Crippen LogP contribution in [-0.4, -0.2) is 54.0 Å². The first-order chi connectivity index (χ1) is 13.2. The number of methoxy groups -OCH3 is 1. The Kier molecular flexibility index (Phi) is 5.48. The molecule has 1 amide bonds. The lowest BCUT2D eigenvalue weighted by Gasteiger charge is -2.40. The van der Waals surface area contributed by atoms with Crippen LogP contribution < -0.4 is 0 Å². The molecule has 0 radical (unpaired) electrons.